The second-order valence-electron chi connectivity index (χ2n) is 17.3. The summed E-state index contributed by atoms with van der Waals surface area (Å²) in [5.74, 6) is -5.60. The summed E-state index contributed by atoms with van der Waals surface area (Å²) in [5.41, 5.74) is 6.53. The molecule has 2 aromatic heterocycles. The summed E-state index contributed by atoms with van der Waals surface area (Å²) in [7, 11) is 0. The quantitative estimate of drug-likeness (QED) is 0.0662. The normalized spacial score (nSPS) is 14.2. The van der Waals surface area contributed by atoms with Crippen molar-refractivity contribution in [2.75, 3.05) is 49.1 Å². The van der Waals surface area contributed by atoms with Crippen LogP contribution in [0.4, 0.5) is 11.8 Å². The van der Waals surface area contributed by atoms with Crippen molar-refractivity contribution in [1.82, 2.24) is 20.1 Å². The first-order chi connectivity index (χ1) is 33.9. The average molecular weight is 977 g/mol. The fraction of sp³-hybridized carbons (Fsp3) is 0.370. The lowest BCUT2D eigenvalue weighted by Crippen LogP contribution is -2.39. The van der Waals surface area contributed by atoms with Gasteiger partial charge in [-0.2, -0.15) is 0 Å². The number of aliphatic carboxylic acids is 4. The lowest BCUT2D eigenvalue weighted by Gasteiger charge is -2.33. The summed E-state index contributed by atoms with van der Waals surface area (Å²) >= 11 is 0. The number of rotatable bonds is 16. The Kier molecular flexibility index (Phi) is 24.0. The molecule has 2 aliphatic rings. The molecular formula is C54H68N6O11. The molecule has 2 fully saturated rings. The smallest absolute Gasteiger partial charge is 0.414 e. The standard InChI is InChI=1S/2C25H31N3O.2C2H2O4.H2O/c2*1-21(27-16-9-4-10-17-27)15-18-28(20-22-11-5-2-6-12-22)25-19-24(26-29-25)23-13-7-3-8-14-23;2*3-1(4)2(5)6;/h2*2-3,5-8,11-14,19,21H,4,9-10,15-18,20H2,1H3;2*(H,3,4)(H,5,6);1H2. The van der Waals surface area contributed by atoms with Crippen LogP contribution in [0.15, 0.2) is 143 Å². The number of carboxylic acids is 4. The van der Waals surface area contributed by atoms with Gasteiger partial charge in [0.1, 0.15) is 11.4 Å². The maximum absolute atomic E-state index is 9.10. The van der Waals surface area contributed by atoms with E-state index in [2.05, 4.69) is 141 Å². The van der Waals surface area contributed by atoms with E-state index in [0.29, 0.717) is 12.1 Å². The third kappa shape index (κ3) is 19.5. The van der Waals surface area contributed by atoms with Crippen molar-refractivity contribution >= 4 is 35.6 Å². The first-order valence-electron chi connectivity index (χ1n) is 23.9. The zero-order chi connectivity index (χ0) is 50.1. The Morgan fingerprint density at radius 2 is 0.789 bits per heavy atom. The van der Waals surface area contributed by atoms with E-state index in [-0.39, 0.29) is 5.48 Å². The van der Waals surface area contributed by atoms with Crippen LogP contribution in [0.5, 0.6) is 0 Å². The van der Waals surface area contributed by atoms with Crippen LogP contribution in [0.1, 0.15) is 76.3 Å². The summed E-state index contributed by atoms with van der Waals surface area (Å²) in [6, 6.07) is 47.0. The van der Waals surface area contributed by atoms with Crippen LogP contribution in [0.25, 0.3) is 22.5 Å². The van der Waals surface area contributed by atoms with Gasteiger partial charge < -0.3 is 54.5 Å². The van der Waals surface area contributed by atoms with Gasteiger partial charge in [-0.3, -0.25) is 0 Å². The Balaban J connectivity index is 0.000000248. The van der Waals surface area contributed by atoms with E-state index >= 15 is 0 Å². The molecule has 6 aromatic rings. The molecule has 8 rings (SSSR count). The van der Waals surface area contributed by atoms with Crippen molar-refractivity contribution in [3.8, 4) is 22.5 Å². The molecule has 0 aliphatic carbocycles. The summed E-state index contributed by atoms with van der Waals surface area (Å²) in [6.07, 6.45) is 10.3. The molecule has 0 bridgehead atoms. The fourth-order valence-electron chi connectivity index (χ4n) is 8.23. The number of hydrogen-bond donors (Lipinski definition) is 4. The highest BCUT2D eigenvalue weighted by atomic mass is 16.5. The highest BCUT2D eigenvalue weighted by Gasteiger charge is 2.22. The molecule has 6 N–H and O–H groups in total. The van der Waals surface area contributed by atoms with Crippen molar-refractivity contribution in [1.29, 1.82) is 0 Å². The third-order valence-electron chi connectivity index (χ3n) is 12.2. The van der Waals surface area contributed by atoms with Crippen LogP contribution < -0.4 is 9.80 Å². The van der Waals surface area contributed by atoms with Crippen LogP contribution in [0.3, 0.4) is 0 Å². The SMILES string of the molecule is CC(CCN(Cc1ccccc1)c1cc(-c2ccccc2)no1)N1CCCCC1.CC(CCN(Cc1ccccc1)c1cc(-c2ccccc2)no1)N1CCCCC1.O.O=C(O)C(=O)O.O=C(O)C(=O)O. The molecule has 0 saturated carbocycles. The van der Waals surface area contributed by atoms with Gasteiger partial charge in [0.25, 0.3) is 0 Å². The predicted octanol–water partition coefficient (Wildman–Crippen LogP) is 8.71. The molecule has 2 atom stereocenters. The second kappa shape index (κ2) is 30.3. The van der Waals surface area contributed by atoms with Crippen LogP contribution >= 0.6 is 0 Å². The van der Waals surface area contributed by atoms with Gasteiger partial charge in [-0.05, 0) is 89.7 Å². The minimum Gasteiger partial charge on any atom is -0.473 e. The van der Waals surface area contributed by atoms with Gasteiger partial charge in [-0.1, -0.05) is 144 Å². The minimum atomic E-state index is -1.82. The Hall–Kier alpha value is -7.34. The molecule has 17 nitrogen and oxygen atoms in total. The van der Waals surface area contributed by atoms with Gasteiger partial charge in [0.05, 0.1) is 0 Å². The van der Waals surface area contributed by atoms with Crippen molar-refractivity contribution in [3.05, 3.63) is 145 Å². The molecule has 2 unspecified atom stereocenters. The van der Waals surface area contributed by atoms with Gasteiger partial charge in [0, 0.05) is 61.5 Å². The molecule has 2 saturated heterocycles. The number of benzene rings is 4. The number of carbonyl (C=O) groups is 4. The molecule has 0 radical (unpaired) electrons. The zero-order valence-corrected chi connectivity index (χ0v) is 40.6. The molecule has 380 valence electrons. The van der Waals surface area contributed by atoms with Crippen molar-refractivity contribution in [3.63, 3.8) is 0 Å². The van der Waals surface area contributed by atoms with E-state index in [9.17, 15) is 0 Å². The Bertz CT molecular complexity index is 2250. The molecule has 0 amide bonds. The Morgan fingerprint density at radius 1 is 0.493 bits per heavy atom. The molecular weight excluding hydrogens is 909 g/mol. The van der Waals surface area contributed by atoms with E-state index < -0.39 is 23.9 Å². The summed E-state index contributed by atoms with van der Waals surface area (Å²) in [4.78, 5) is 46.3. The first-order valence-corrected chi connectivity index (χ1v) is 23.9. The Labute approximate surface area is 415 Å². The number of hydrogen-bond acceptors (Lipinski definition) is 12. The average Bonchev–Trinajstić information content (AvgIpc) is 4.11. The summed E-state index contributed by atoms with van der Waals surface area (Å²) < 4.78 is 11.6. The van der Waals surface area contributed by atoms with E-state index in [1.165, 1.54) is 75.8 Å². The highest BCUT2D eigenvalue weighted by molar-refractivity contribution is 6.27. The maximum Gasteiger partial charge on any atom is 0.414 e. The zero-order valence-electron chi connectivity index (χ0n) is 40.6. The van der Waals surface area contributed by atoms with E-state index in [4.69, 9.17) is 48.7 Å². The fourth-order valence-corrected chi connectivity index (χ4v) is 8.23. The molecule has 0 spiro atoms. The number of anilines is 2. The molecule has 71 heavy (non-hydrogen) atoms. The van der Waals surface area contributed by atoms with Gasteiger partial charge in [-0.15, -0.1) is 0 Å². The minimum absolute atomic E-state index is 0. The lowest BCUT2D eigenvalue weighted by molar-refractivity contribution is -0.159. The van der Waals surface area contributed by atoms with E-state index in [0.717, 1.165) is 73.3 Å². The van der Waals surface area contributed by atoms with Gasteiger partial charge in [0.15, 0.2) is 0 Å². The molecule has 2 aliphatic heterocycles. The van der Waals surface area contributed by atoms with E-state index in [1.807, 2.05) is 36.4 Å². The maximum atomic E-state index is 9.10. The highest BCUT2D eigenvalue weighted by Crippen LogP contribution is 2.28. The van der Waals surface area contributed by atoms with Crippen LogP contribution in [0, 0.1) is 0 Å². The van der Waals surface area contributed by atoms with Crippen LogP contribution in [-0.4, -0.2) is 121 Å². The number of piperidine rings is 2. The monoisotopic (exact) mass is 976 g/mol. The van der Waals surface area contributed by atoms with E-state index in [1.54, 1.807) is 0 Å². The summed E-state index contributed by atoms with van der Waals surface area (Å²) in [6.45, 7) is 13.2. The topological polar surface area (TPSA) is 246 Å². The molecule has 4 aromatic carbocycles. The second-order valence-corrected chi connectivity index (χ2v) is 17.3. The molecule has 17 heteroatoms. The number of carboxylic acid groups (broad SMARTS) is 4. The number of aromatic nitrogens is 2. The number of nitrogens with zero attached hydrogens (tertiary/aromatic N) is 6. The van der Waals surface area contributed by atoms with Crippen LogP contribution in [0.2, 0.25) is 0 Å². The summed E-state index contributed by atoms with van der Waals surface area (Å²) in [5, 5.41) is 38.2. The third-order valence-corrected chi connectivity index (χ3v) is 12.2. The molecule has 4 heterocycles. The van der Waals surface area contributed by atoms with Gasteiger partial charge in [-0.25, -0.2) is 19.2 Å². The van der Waals surface area contributed by atoms with Gasteiger partial charge >= 0.3 is 23.9 Å². The van der Waals surface area contributed by atoms with Crippen molar-refractivity contribution < 1.29 is 54.1 Å². The Morgan fingerprint density at radius 3 is 1.08 bits per heavy atom. The van der Waals surface area contributed by atoms with Gasteiger partial charge in [0.2, 0.25) is 11.8 Å². The first kappa shape index (κ1) is 56.2. The van der Waals surface area contributed by atoms with Crippen molar-refractivity contribution in [2.24, 2.45) is 0 Å². The lowest BCUT2D eigenvalue weighted by atomic mass is 10.1. The number of likely N-dealkylation sites (tertiary alicyclic amines) is 2. The van der Waals surface area contributed by atoms with Crippen LogP contribution in [-0.2, 0) is 32.3 Å². The largest absolute Gasteiger partial charge is 0.473 e. The predicted molar refractivity (Wildman–Crippen MR) is 272 cm³/mol. The van der Waals surface area contributed by atoms with Crippen molar-refractivity contribution in [2.45, 2.75) is 90.4 Å².